The van der Waals surface area contributed by atoms with Crippen LogP contribution < -0.4 is 5.32 Å². The quantitative estimate of drug-likeness (QED) is 0.902. The fourth-order valence-electron chi connectivity index (χ4n) is 4.44. The summed E-state index contributed by atoms with van der Waals surface area (Å²) >= 11 is 0. The van der Waals surface area contributed by atoms with Crippen molar-refractivity contribution in [2.75, 3.05) is 6.54 Å². The number of carbonyl (C=O) groups is 1. The number of benzene rings is 1. The molecule has 3 atom stereocenters. The van der Waals surface area contributed by atoms with Gasteiger partial charge in [0.2, 0.25) is 5.91 Å². The largest absolute Gasteiger partial charge is 0.349 e. The second-order valence-electron chi connectivity index (χ2n) is 7.15. The Kier molecular flexibility index (Phi) is 4.82. The van der Waals surface area contributed by atoms with Crippen LogP contribution in [0.2, 0.25) is 0 Å². The minimum absolute atomic E-state index is 0.0593. The molecule has 2 aliphatic rings. The first-order valence-corrected chi connectivity index (χ1v) is 8.71. The molecule has 0 spiro atoms. The molecule has 2 bridgehead atoms. The molecule has 120 valence electrons. The molecule has 22 heavy (non-hydrogen) atoms. The Morgan fingerprint density at radius 3 is 2.45 bits per heavy atom. The van der Waals surface area contributed by atoms with Crippen molar-refractivity contribution in [3.63, 3.8) is 0 Å². The van der Waals surface area contributed by atoms with Gasteiger partial charge >= 0.3 is 0 Å². The van der Waals surface area contributed by atoms with E-state index in [-0.39, 0.29) is 11.9 Å². The van der Waals surface area contributed by atoms with Crippen LogP contribution in [0.15, 0.2) is 30.3 Å². The first-order chi connectivity index (χ1) is 10.6. The van der Waals surface area contributed by atoms with Crippen molar-refractivity contribution in [2.24, 2.45) is 5.92 Å². The van der Waals surface area contributed by atoms with Gasteiger partial charge in [-0.25, -0.2) is 0 Å². The van der Waals surface area contributed by atoms with Crippen molar-refractivity contribution in [1.29, 1.82) is 0 Å². The topological polar surface area (TPSA) is 32.3 Å². The smallest absolute Gasteiger partial charge is 0.217 e. The van der Waals surface area contributed by atoms with Gasteiger partial charge in [-0.3, -0.25) is 9.69 Å². The number of fused-ring (bicyclic) bond motifs is 2. The molecule has 3 unspecified atom stereocenters. The van der Waals surface area contributed by atoms with Gasteiger partial charge in [0.05, 0.1) is 6.04 Å². The normalized spacial score (nSPS) is 29.3. The molecular formula is C19H28N2O. The Bertz CT molecular complexity index is 487. The fraction of sp³-hybridized carbons (Fsp3) is 0.632. The lowest BCUT2D eigenvalue weighted by Crippen LogP contribution is -2.43. The number of nitrogens with zero attached hydrogens (tertiary/aromatic N) is 1. The van der Waals surface area contributed by atoms with Crippen molar-refractivity contribution in [1.82, 2.24) is 10.2 Å². The van der Waals surface area contributed by atoms with Gasteiger partial charge in [-0.1, -0.05) is 37.3 Å². The first kappa shape index (κ1) is 15.5. The van der Waals surface area contributed by atoms with Gasteiger partial charge in [-0.2, -0.15) is 0 Å². The second-order valence-corrected chi connectivity index (χ2v) is 7.15. The Morgan fingerprint density at radius 2 is 1.86 bits per heavy atom. The summed E-state index contributed by atoms with van der Waals surface area (Å²) in [5.74, 6) is 0.943. The van der Waals surface area contributed by atoms with E-state index in [1.54, 1.807) is 6.92 Å². The summed E-state index contributed by atoms with van der Waals surface area (Å²) in [6, 6.07) is 12.1. The predicted molar refractivity (Wildman–Crippen MR) is 89.5 cm³/mol. The van der Waals surface area contributed by atoms with Gasteiger partial charge in [0, 0.05) is 25.6 Å². The monoisotopic (exact) mass is 300 g/mol. The third kappa shape index (κ3) is 3.52. The highest BCUT2D eigenvalue weighted by atomic mass is 16.1. The maximum absolute atomic E-state index is 11.5. The molecule has 1 N–H and O–H groups in total. The third-order valence-electron chi connectivity index (χ3n) is 5.38. The Balaban J connectivity index is 1.63. The van der Waals surface area contributed by atoms with E-state index in [9.17, 15) is 4.79 Å². The molecule has 1 aromatic rings. The maximum atomic E-state index is 11.5. The molecule has 3 nitrogen and oxygen atoms in total. The first-order valence-electron chi connectivity index (χ1n) is 8.71. The number of rotatable bonds is 5. The summed E-state index contributed by atoms with van der Waals surface area (Å²) in [6.07, 6.45) is 6.44. The van der Waals surface area contributed by atoms with Crippen molar-refractivity contribution in [3.8, 4) is 0 Å². The Hall–Kier alpha value is -1.35. The summed E-state index contributed by atoms with van der Waals surface area (Å²) in [4.78, 5) is 14.3. The molecule has 1 aromatic carbocycles. The SMILES string of the molecule is CC(=O)NC(CCN1C2CCC1CC(C)C2)c1ccccc1. The van der Waals surface area contributed by atoms with Crippen LogP contribution in [0, 0.1) is 5.92 Å². The molecule has 2 heterocycles. The standard InChI is InChI=1S/C19H28N2O/c1-14-12-17-8-9-18(13-14)21(17)11-10-19(20-15(2)22)16-6-4-3-5-7-16/h3-7,14,17-19H,8-13H2,1-2H3,(H,20,22). The van der Waals surface area contributed by atoms with E-state index in [0.717, 1.165) is 31.0 Å². The highest BCUT2D eigenvalue weighted by molar-refractivity contribution is 5.73. The van der Waals surface area contributed by atoms with E-state index >= 15 is 0 Å². The Morgan fingerprint density at radius 1 is 1.23 bits per heavy atom. The molecule has 0 aliphatic carbocycles. The molecule has 3 heteroatoms. The summed E-state index contributed by atoms with van der Waals surface area (Å²) in [5, 5.41) is 3.13. The molecule has 2 fully saturated rings. The zero-order chi connectivity index (χ0) is 15.5. The molecular weight excluding hydrogens is 272 g/mol. The van der Waals surface area contributed by atoms with Crippen LogP contribution in [0.25, 0.3) is 0 Å². The van der Waals surface area contributed by atoms with Gasteiger partial charge in [-0.15, -0.1) is 0 Å². The number of piperidine rings is 1. The van der Waals surface area contributed by atoms with Crippen LogP contribution in [-0.2, 0) is 4.79 Å². The average molecular weight is 300 g/mol. The van der Waals surface area contributed by atoms with Crippen LogP contribution in [0.3, 0.4) is 0 Å². The van der Waals surface area contributed by atoms with E-state index in [4.69, 9.17) is 0 Å². The summed E-state index contributed by atoms with van der Waals surface area (Å²) in [7, 11) is 0. The second kappa shape index (κ2) is 6.82. The minimum Gasteiger partial charge on any atom is -0.349 e. The lowest BCUT2D eigenvalue weighted by molar-refractivity contribution is -0.119. The molecule has 2 aliphatic heterocycles. The van der Waals surface area contributed by atoms with Gasteiger partial charge in [-0.05, 0) is 43.6 Å². The van der Waals surface area contributed by atoms with E-state index in [1.807, 2.05) is 6.07 Å². The summed E-state index contributed by atoms with van der Waals surface area (Å²) in [5.41, 5.74) is 1.22. The average Bonchev–Trinajstić information content (AvgIpc) is 2.74. The van der Waals surface area contributed by atoms with Gasteiger partial charge in [0.1, 0.15) is 0 Å². The van der Waals surface area contributed by atoms with E-state index < -0.39 is 0 Å². The zero-order valence-electron chi connectivity index (χ0n) is 13.8. The van der Waals surface area contributed by atoms with Crippen molar-refractivity contribution in [2.45, 2.75) is 64.1 Å². The highest BCUT2D eigenvalue weighted by Gasteiger charge is 2.39. The molecule has 3 rings (SSSR count). The molecule has 0 saturated carbocycles. The lowest BCUT2D eigenvalue weighted by Gasteiger charge is -2.38. The lowest BCUT2D eigenvalue weighted by atomic mass is 9.92. The van der Waals surface area contributed by atoms with E-state index in [2.05, 4.69) is 41.4 Å². The fourth-order valence-corrected chi connectivity index (χ4v) is 4.44. The summed E-state index contributed by atoms with van der Waals surface area (Å²) in [6.45, 7) is 5.11. The van der Waals surface area contributed by atoms with Crippen LogP contribution in [0.4, 0.5) is 0 Å². The van der Waals surface area contributed by atoms with E-state index in [0.29, 0.717) is 0 Å². The highest BCUT2D eigenvalue weighted by Crippen LogP contribution is 2.38. The number of hydrogen-bond donors (Lipinski definition) is 1. The number of carbonyl (C=O) groups excluding carboxylic acids is 1. The van der Waals surface area contributed by atoms with Crippen LogP contribution in [-0.4, -0.2) is 29.4 Å². The van der Waals surface area contributed by atoms with Crippen LogP contribution in [0.5, 0.6) is 0 Å². The molecule has 2 saturated heterocycles. The molecule has 1 amide bonds. The van der Waals surface area contributed by atoms with E-state index in [1.165, 1.54) is 31.2 Å². The Labute approximate surface area is 134 Å². The van der Waals surface area contributed by atoms with Gasteiger partial charge in [0.25, 0.3) is 0 Å². The number of hydrogen-bond acceptors (Lipinski definition) is 2. The third-order valence-corrected chi connectivity index (χ3v) is 5.38. The number of nitrogens with one attached hydrogen (secondary N) is 1. The van der Waals surface area contributed by atoms with Crippen LogP contribution in [0.1, 0.15) is 57.6 Å². The predicted octanol–water partition coefficient (Wildman–Crippen LogP) is 3.52. The number of amides is 1. The minimum atomic E-state index is 0.0593. The molecule has 0 radical (unpaired) electrons. The summed E-state index contributed by atoms with van der Waals surface area (Å²) < 4.78 is 0. The maximum Gasteiger partial charge on any atom is 0.217 e. The van der Waals surface area contributed by atoms with Gasteiger partial charge in [0.15, 0.2) is 0 Å². The van der Waals surface area contributed by atoms with Gasteiger partial charge < -0.3 is 5.32 Å². The zero-order valence-corrected chi connectivity index (χ0v) is 13.8. The van der Waals surface area contributed by atoms with Crippen molar-refractivity contribution < 1.29 is 4.79 Å². The van der Waals surface area contributed by atoms with Crippen molar-refractivity contribution in [3.05, 3.63) is 35.9 Å². The van der Waals surface area contributed by atoms with Crippen LogP contribution >= 0.6 is 0 Å². The van der Waals surface area contributed by atoms with Crippen molar-refractivity contribution >= 4 is 5.91 Å². The molecule has 0 aromatic heterocycles.